The van der Waals surface area contributed by atoms with E-state index in [1.54, 1.807) is 14.1 Å². The summed E-state index contributed by atoms with van der Waals surface area (Å²) in [7, 11) is 13.4. The molecule has 2 aliphatic heterocycles. The van der Waals surface area contributed by atoms with Gasteiger partial charge in [-0.15, -0.1) is 12.1 Å². The molecule has 2 atom stereocenters. The fourth-order valence-electron chi connectivity index (χ4n) is 3.79. The van der Waals surface area contributed by atoms with Gasteiger partial charge in [-0.1, -0.05) is 88.5 Å². The number of benzene rings is 1. The number of nitrogens with zero attached hydrogens (tertiary/aromatic N) is 3. The van der Waals surface area contributed by atoms with Crippen molar-refractivity contribution in [1.82, 2.24) is 0 Å². The predicted molar refractivity (Wildman–Crippen MR) is 129 cm³/mol. The molecule has 0 saturated heterocycles. The van der Waals surface area contributed by atoms with Gasteiger partial charge in [-0.2, -0.15) is 25.5 Å². The number of halogens is 2. The molecule has 29 heavy (non-hydrogen) atoms. The molecule has 0 aromatic heterocycles. The Kier molecular flexibility index (Phi) is 17.8. The van der Waals surface area contributed by atoms with Gasteiger partial charge in [0, 0.05) is 7.43 Å². The summed E-state index contributed by atoms with van der Waals surface area (Å²) in [4.78, 5) is 0. The van der Waals surface area contributed by atoms with Gasteiger partial charge in [0.25, 0.3) is 0 Å². The standard InChI is InChI=1S/C20H30N2.C2H6N.CH3.2ClH.Zr/c1-3-5-7-17-13-11-15-9-10-16-12-14-18(8-6-4-2)22-20(16)19(15)21-17;1-3-2;;;;/h9-10,17-18H,3-8,11-14H2,1-2H3;1-2H3;1H3;2*1H;/q-2;-1;+1;;;+4/p-2. The van der Waals surface area contributed by atoms with Gasteiger partial charge in [0.15, 0.2) is 0 Å². The van der Waals surface area contributed by atoms with E-state index >= 15 is 0 Å². The number of fused-ring (bicyclic) bond motifs is 3. The molecule has 3 nitrogen and oxygen atoms in total. The Balaban J connectivity index is 0.00000100. The first-order valence-electron chi connectivity index (χ1n) is 10.7. The van der Waals surface area contributed by atoms with E-state index in [1.165, 1.54) is 86.7 Å². The van der Waals surface area contributed by atoms with Gasteiger partial charge in [-0.25, -0.2) is 0 Å². The molecule has 2 aliphatic rings. The third-order valence-electron chi connectivity index (χ3n) is 5.22. The van der Waals surface area contributed by atoms with Gasteiger partial charge in [0.05, 0.1) is 0 Å². The van der Waals surface area contributed by atoms with Crippen molar-refractivity contribution in [2.24, 2.45) is 0 Å². The van der Waals surface area contributed by atoms with Crippen LogP contribution in [0.2, 0.25) is 0 Å². The van der Waals surface area contributed by atoms with E-state index in [0.29, 0.717) is 12.1 Å². The molecular formula is C23H39Cl2N3Zr. The number of rotatable bonds is 6. The van der Waals surface area contributed by atoms with Crippen LogP contribution in [-0.2, 0) is 33.7 Å². The first-order chi connectivity index (χ1) is 13.6. The average molecular weight is 520 g/mol. The molecule has 1 aromatic rings. The number of hydrogen-bond acceptors (Lipinski definition) is 0. The summed E-state index contributed by atoms with van der Waals surface area (Å²) < 4.78 is 0. The second-order valence-electron chi connectivity index (χ2n) is 7.53. The monoisotopic (exact) mass is 517 g/mol. The molecule has 0 bridgehead atoms. The molecule has 2 unspecified atom stereocenters. The molecule has 3 rings (SSSR count). The Morgan fingerprint density at radius 2 is 1.24 bits per heavy atom. The molecule has 0 N–H and O–H groups in total. The van der Waals surface area contributed by atoms with Crippen molar-refractivity contribution < 1.29 is 20.8 Å². The van der Waals surface area contributed by atoms with Gasteiger partial charge >= 0.3 is 37.9 Å². The maximum absolute atomic E-state index is 5.12. The van der Waals surface area contributed by atoms with Gasteiger partial charge < -0.3 is 16.0 Å². The predicted octanol–water partition coefficient (Wildman–Crippen LogP) is 9.15. The first kappa shape index (κ1) is 29.1. The second-order valence-corrected chi connectivity index (χ2v) is 11.3. The number of hydrogen-bond donors (Lipinski definition) is 0. The molecule has 0 aliphatic carbocycles. The van der Waals surface area contributed by atoms with Crippen molar-refractivity contribution in [3.8, 4) is 0 Å². The minimum absolute atomic E-state index is 0. The summed E-state index contributed by atoms with van der Waals surface area (Å²) in [6, 6.07) is 5.70. The van der Waals surface area contributed by atoms with Crippen LogP contribution < -0.4 is 0 Å². The van der Waals surface area contributed by atoms with E-state index in [4.69, 9.17) is 27.7 Å². The quantitative estimate of drug-likeness (QED) is 0.336. The summed E-state index contributed by atoms with van der Waals surface area (Å²) in [6.45, 7) is 4.54. The van der Waals surface area contributed by atoms with Gasteiger partial charge in [-0.3, -0.25) is 0 Å². The molecule has 164 valence electrons. The summed E-state index contributed by atoms with van der Waals surface area (Å²) in [5.41, 5.74) is 5.38. The summed E-state index contributed by atoms with van der Waals surface area (Å²) >= 11 is -0.826. The Labute approximate surface area is 199 Å². The van der Waals surface area contributed by atoms with Crippen LogP contribution in [0, 0.1) is 7.43 Å². The third-order valence-corrected chi connectivity index (χ3v) is 5.22. The van der Waals surface area contributed by atoms with Crippen molar-refractivity contribution in [3.63, 3.8) is 0 Å². The van der Waals surface area contributed by atoms with E-state index in [2.05, 4.69) is 31.3 Å². The summed E-state index contributed by atoms with van der Waals surface area (Å²) in [5, 5.41) is 13.7. The maximum atomic E-state index is 5.12. The Hall–Kier alpha value is 0.113. The van der Waals surface area contributed by atoms with Crippen molar-refractivity contribution in [2.75, 3.05) is 14.1 Å². The zero-order valence-corrected chi connectivity index (χ0v) is 22.9. The topological polar surface area (TPSA) is 42.3 Å². The summed E-state index contributed by atoms with van der Waals surface area (Å²) in [5.74, 6) is 0. The normalized spacial score (nSPS) is 18.6. The molecule has 0 saturated carbocycles. The summed E-state index contributed by atoms with van der Waals surface area (Å²) in [6.07, 6.45) is 12.5. The molecule has 0 spiro atoms. The molecule has 0 fully saturated rings. The van der Waals surface area contributed by atoms with E-state index in [-0.39, 0.29) is 7.43 Å². The zero-order chi connectivity index (χ0) is 20.8. The van der Waals surface area contributed by atoms with Crippen molar-refractivity contribution in [3.05, 3.63) is 46.6 Å². The van der Waals surface area contributed by atoms with E-state index < -0.39 is 20.8 Å². The minimum atomic E-state index is -0.826. The van der Waals surface area contributed by atoms with Crippen LogP contribution >= 0.6 is 17.0 Å². The molecule has 2 heterocycles. The average Bonchev–Trinajstić information content (AvgIpc) is 2.71. The molecule has 6 heteroatoms. The van der Waals surface area contributed by atoms with Crippen LogP contribution in [0.5, 0.6) is 0 Å². The van der Waals surface area contributed by atoms with Crippen LogP contribution in [-0.4, -0.2) is 26.2 Å². The van der Waals surface area contributed by atoms with Crippen LogP contribution in [0.25, 0.3) is 16.0 Å². The van der Waals surface area contributed by atoms with Crippen LogP contribution in [0.15, 0.2) is 12.1 Å². The van der Waals surface area contributed by atoms with Crippen LogP contribution in [0.4, 0.5) is 11.4 Å². The Morgan fingerprint density at radius 3 is 1.55 bits per heavy atom. The Bertz CT molecular complexity index is 496. The SMILES string of the molecule is CCCCC1CCc2ccc3c(c2[N-]1)[N-]C(CCCC)CC3.C[N-]C.[CH3+].[Cl][Zr+2][Cl]. The molecule has 0 radical (unpaired) electrons. The zero-order valence-electron chi connectivity index (χ0n) is 19.0. The first-order valence-corrected chi connectivity index (χ1v) is 17.0. The van der Waals surface area contributed by atoms with E-state index in [9.17, 15) is 0 Å². The van der Waals surface area contributed by atoms with Crippen LogP contribution in [0.3, 0.4) is 0 Å². The van der Waals surface area contributed by atoms with Crippen molar-refractivity contribution >= 4 is 28.4 Å². The molecule has 1 aromatic carbocycles. The van der Waals surface area contributed by atoms with Gasteiger partial charge in [0.2, 0.25) is 0 Å². The molecule has 0 amide bonds. The van der Waals surface area contributed by atoms with Crippen LogP contribution in [0.1, 0.15) is 76.3 Å². The van der Waals surface area contributed by atoms with Crippen molar-refractivity contribution in [1.29, 1.82) is 0 Å². The second kappa shape index (κ2) is 17.8. The number of unbranched alkanes of at least 4 members (excludes halogenated alkanes) is 2. The van der Waals surface area contributed by atoms with Gasteiger partial charge in [-0.05, 0) is 12.8 Å². The van der Waals surface area contributed by atoms with E-state index in [1.807, 2.05) is 0 Å². The van der Waals surface area contributed by atoms with Gasteiger partial charge in [0.1, 0.15) is 0 Å². The van der Waals surface area contributed by atoms with Crippen molar-refractivity contribution in [2.45, 2.75) is 90.1 Å². The molecular weight excluding hydrogens is 480 g/mol. The third kappa shape index (κ3) is 10.3. The number of aryl methyl sites for hydroxylation is 2. The van der Waals surface area contributed by atoms with E-state index in [0.717, 1.165) is 0 Å². The fourth-order valence-corrected chi connectivity index (χ4v) is 3.79. The fraction of sp³-hybridized carbons (Fsp3) is 0.696. The Morgan fingerprint density at radius 1 is 0.897 bits per heavy atom.